The summed E-state index contributed by atoms with van der Waals surface area (Å²) in [6.07, 6.45) is 5.67. The van der Waals surface area contributed by atoms with Crippen molar-refractivity contribution in [3.8, 4) is 5.75 Å². The third-order valence-electron chi connectivity index (χ3n) is 6.78. The molecule has 8 heteroatoms. The SMILES string of the molecule is COc1cc2nn(C3CC(C(C)(C)O)C3)cc2cc1NC(=O)c1cccc(C2CC2)[n+]1[O-]. The Labute approximate surface area is 186 Å². The number of anilines is 1. The largest absolute Gasteiger partial charge is 0.618 e. The number of nitrogens with zero attached hydrogens (tertiary/aromatic N) is 3. The van der Waals surface area contributed by atoms with Gasteiger partial charge in [0.25, 0.3) is 5.69 Å². The van der Waals surface area contributed by atoms with Gasteiger partial charge in [0.15, 0.2) is 5.69 Å². The summed E-state index contributed by atoms with van der Waals surface area (Å²) in [6, 6.07) is 8.92. The van der Waals surface area contributed by atoms with Gasteiger partial charge in [-0.3, -0.25) is 9.48 Å². The maximum Gasteiger partial charge on any atom is 0.321 e. The van der Waals surface area contributed by atoms with Gasteiger partial charge in [0.2, 0.25) is 0 Å². The maximum absolute atomic E-state index is 12.9. The minimum atomic E-state index is -0.682. The van der Waals surface area contributed by atoms with Crippen LogP contribution in [0.5, 0.6) is 5.75 Å². The van der Waals surface area contributed by atoms with Gasteiger partial charge in [-0.25, -0.2) is 0 Å². The number of benzene rings is 1. The van der Waals surface area contributed by atoms with E-state index in [9.17, 15) is 15.1 Å². The van der Waals surface area contributed by atoms with E-state index in [0.717, 1.165) is 41.3 Å². The Morgan fingerprint density at radius 1 is 1.31 bits per heavy atom. The molecule has 5 rings (SSSR count). The zero-order valence-corrected chi connectivity index (χ0v) is 18.5. The molecular formula is C24H28N4O4. The molecule has 0 aliphatic heterocycles. The molecule has 2 aromatic heterocycles. The Kier molecular flexibility index (Phi) is 4.85. The van der Waals surface area contributed by atoms with E-state index in [0.29, 0.717) is 17.1 Å². The fraction of sp³-hybridized carbons (Fsp3) is 0.458. The summed E-state index contributed by atoms with van der Waals surface area (Å²) in [5, 5.41) is 31.2. The summed E-state index contributed by atoms with van der Waals surface area (Å²) in [7, 11) is 1.54. The van der Waals surface area contributed by atoms with Crippen LogP contribution in [-0.2, 0) is 0 Å². The van der Waals surface area contributed by atoms with Crippen molar-refractivity contribution >= 4 is 22.5 Å². The van der Waals surface area contributed by atoms with E-state index >= 15 is 0 Å². The number of fused-ring (bicyclic) bond motifs is 1. The van der Waals surface area contributed by atoms with Crippen LogP contribution < -0.4 is 14.8 Å². The van der Waals surface area contributed by atoms with Crippen molar-refractivity contribution in [1.82, 2.24) is 9.78 Å². The quantitative estimate of drug-likeness (QED) is 0.454. The predicted octanol–water partition coefficient (Wildman–Crippen LogP) is 3.53. The Morgan fingerprint density at radius 3 is 2.72 bits per heavy atom. The molecule has 2 aliphatic carbocycles. The molecule has 1 amide bonds. The average Bonchev–Trinajstić information content (AvgIpc) is 3.45. The number of carbonyl (C=O) groups excluding carboxylic acids is 1. The molecule has 2 aliphatic rings. The van der Waals surface area contributed by atoms with Crippen molar-refractivity contribution in [2.24, 2.45) is 5.92 Å². The van der Waals surface area contributed by atoms with Gasteiger partial charge in [0.1, 0.15) is 5.75 Å². The molecule has 2 heterocycles. The Hall–Kier alpha value is -3.13. The lowest BCUT2D eigenvalue weighted by atomic mass is 9.71. The van der Waals surface area contributed by atoms with Crippen molar-refractivity contribution in [1.29, 1.82) is 0 Å². The molecule has 0 atom stereocenters. The van der Waals surface area contributed by atoms with Crippen molar-refractivity contribution in [2.45, 2.75) is 57.1 Å². The van der Waals surface area contributed by atoms with Crippen LogP contribution in [0.1, 0.15) is 67.7 Å². The third-order valence-corrected chi connectivity index (χ3v) is 6.78. The third kappa shape index (κ3) is 3.68. The van der Waals surface area contributed by atoms with Gasteiger partial charge in [0, 0.05) is 35.7 Å². The van der Waals surface area contributed by atoms with Gasteiger partial charge in [-0.15, -0.1) is 0 Å². The maximum atomic E-state index is 12.9. The molecule has 2 N–H and O–H groups in total. The smallest absolute Gasteiger partial charge is 0.321 e. The van der Waals surface area contributed by atoms with Crippen LogP contribution in [0.3, 0.4) is 0 Å². The monoisotopic (exact) mass is 436 g/mol. The number of hydrogen-bond donors (Lipinski definition) is 2. The summed E-state index contributed by atoms with van der Waals surface area (Å²) in [5.74, 6) is 0.517. The highest BCUT2D eigenvalue weighted by molar-refractivity contribution is 6.04. The Bertz CT molecular complexity index is 1190. The molecule has 0 bridgehead atoms. The molecule has 32 heavy (non-hydrogen) atoms. The Balaban J connectivity index is 1.39. The van der Waals surface area contributed by atoms with Gasteiger partial charge in [-0.1, -0.05) is 0 Å². The fourth-order valence-electron chi connectivity index (χ4n) is 4.45. The number of amides is 1. The number of hydrogen-bond acceptors (Lipinski definition) is 5. The van der Waals surface area contributed by atoms with Crippen molar-refractivity contribution < 1.29 is 19.4 Å². The van der Waals surface area contributed by atoms with Gasteiger partial charge in [-0.2, -0.15) is 9.83 Å². The molecule has 2 saturated carbocycles. The standard InChI is InChI=1S/C24H28N4O4/c1-24(2,30)16-10-17(11-16)27-13-15-9-19(22(32-3)12-18(15)26-27)25-23(29)21-6-4-5-20(28(21)31)14-7-8-14/h4-6,9,12-14,16-17,30H,7-8,10-11H2,1-3H3,(H,25,29). The van der Waals surface area contributed by atoms with E-state index < -0.39 is 11.5 Å². The molecule has 168 valence electrons. The van der Waals surface area contributed by atoms with Crippen molar-refractivity contribution in [3.63, 3.8) is 0 Å². The van der Waals surface area contributed by atoms with Crippen LogP contribution in [-0.4, -0.2) is 33.5 Å². The predicted molar refractivity (Wildman–Crippen MR) is 120 cm³/mol. The molecule has 1 aromatic carbocycles. The van der Waals surface area contributed by atoms with Gasteiger partial charge < -0.3 is 20.4 Å². The number of pyridine rings is 1. The molecule has 2 fully saturated rings. The zero-order chi connectivity index (χ0) is 22.6. The van der Waals surface area contributed by atoms with E-state index in [1.54, 1.807) is 18.2 Å². The first-order chi connectivity index (χ1) is 15.2. The second kappa shape index (κ2) is 7.48. The van der Waals surface area contributed by atoms with Crippen LogP contribution in [0.25, 0.3) is 10.9 Å². The number of aromatic nitrogens is 3. The second-order valence-corrected chi connectivity index (χ2v) is 9.55. The zero-order valence-electron chi connectivity index (χ0n) is 18.5. The molecule has 0 radical (unpaired) electrons. The van der Waals surface area contributed by atoms with Gasteiger partial charge in [0.05, 0.1) is 30.0 Å². The minimum absolute atomic E-state index is 0.0689. The highest BCUT2D eigenvalue weighted by atomic mass is 16.5. The average molecular weight is 437 g/mol. The van der Waals surface area contributed by atoms with Crippen LogP contribution >= 0.6 is 0 Å². The number of nitrogens with one attached hydrogen (secondary N) is 1. The molecular weight excluding hydrogens is 408 g/mol. The van der Waals surface area contributed by atoms with E-state index in [1.165, 1.54) is 13.2 Å². The van der Waals surface area contributed by atoms with E-state index in [1.807, 2.05) is 30.8 Å². The van der Waals surface area contributed by atoms with E-state index in [-0.39, 0.29) is 23.6 Å². The van der Waals surface area contributed by atoms with Gasteiger partial charge in [-0.05, 0) is 57.6 Å². The first kappa shape index (κ1) is 20.8. The summed E-state index contributed by atoms with van der Waals surface area (Å²) < 4.78 is 8.16. The summed E-state index contributed by atoms with van der Waals surface area (Å²) >= 11 is 0. The number of aliphatic hydroxyl groups is 1. The molecule has 0 unspecified atom stereocenters. The van der Waals surface area contributed by atoms with E-state index in [4.69, 9.17) is 4.74 Å². The molecule has 8 nitrogen and oxygen atoms in total. The first-order valence-corrected chi connectivity index (χ1v) is 11.1. The van der Waals surface area contributed by atoms with Crippen LogP contribution in [0.2, 0.25) is 0 Å². The number of carbonyl (C=O) groups is 1. The Morgan fingerprint density at radius 2 is 2.06 bits per heavy atom. The lowest BCUT2D eigenvalue weighted by Crippen LogP contribution is -2.41. The van der Waals surface area contributed by atoms with Gasteiger partial charge >= 0.3 is 5.91 Å². The molecule has 3 aromatic rings. The summed E-state index contributed by atoms with van der Waals surface area (Å²) in [5.41, 5.74) is 1.29. The second-order valence-electron chi connectivity index (χ2n) is 9.55. The minimum Gasteiger partial charge on any atom is -0.618 e. The number of ether oxygens (including phenoxy) is 1. The lowest BCUT2D eigenvalue weighted by molar-refractivity contribution is -0.616. The summed E-state index contributed by atoms with van der Waals surface area (Å²) in [4.78, 5) is 12.9. The molecule has 0 saturated heterocycles. The van der Waals surface area contributed by atoms with Crippen molar-refractivity contribution in [2.75, 3.05) is 12.4 Å². The van der Waals surface area contributed by atoms with E-state index in [2.05, 4.69) is 10.4 Å². The van der Waals surface area contributed by atoms with Crippen molar-refractivity contribution in [3.05, 3.63) is 53.1 Å². The fourth-order valence-corrected chi connectivity index (χ4v) is 4.45. The van der Waals surface area contributed by atoms with Crippen LogP contribution in [0, 0.1) is 11.1 Å². The highest BCUT2D eigenvalue weighted by Gasteiger charge is 2.40. The normalized spacial score (nSPS) is 20.8. The first-order valence-electron chi connectivity index (χ1n) is 11.1. The topological polar surface area (TPSA) is 103 Å². The van der Waals surface area contributed by atoms with Crippen LogP contribution in [0.15, 0.2) is 36.5 Å². The van der Waals surface area contributed by atoms with Crippen LogP contribution in [0.4, 0.5) is 5.69 Å². The molecule has 0 spiro atoms. The number of methoxy groups -OCH3 is 1. The highest BCUT2D eigenvalue weighted by Crippen LogP contribution is 2.44. The number of rotatable bonds is 6. The summed E-state index contributed by atoms with van der Waals surface area (Å²) in [6.45, 7) is 3.69. The lowest BCUT2D eigenvalue weighted by Gasteiger charge is -2.42.